The summed E-state index contributed by atoms with van der Waals surface area (Å²) < 4.78 is 0. The van der Waals surface area contributed by atoms with E-state index in [9.17, 15) is 0 Å². The molecule has 14 heteroatoms. The quantitative estimate of drug-likeness (QED) is 0.147. The lowest BCUT2D eigenvalue weighted by Gasteiger charge is -2.06. The molecule has 0 aliphatic carbocycles. The zero-order valence-corrected chi connectivity index (χ0v) is 47.7. The van der Waals surface area contributed by atoms with Gasteiger partial charge in [0.2, 0.25) is 5.82 Å². The molecule has 84 heavy (non-hydrogen) atoms. The molecule has 0 atom stereocenters. The van der Waals surface area contributed by atoms with E-state index in [1.807, 2.05) is 271 Å². The van der Waals surface area contributed by atoms with Gasteiger partial charge in [-0.2, -0.15) is 20.4 Å². The van der Waals surface area contributed by atoms with Crippen LogP contribution in [0.3, 0.4) is 0 Å². The van der Waals surface area contributed by atoms with Crippen molar-refractivity contribution in [2.75, 3.05) is 0 Å². The van der Waals surface area contributed by atoms with E-state index in [0.717, 1.165) is 102 Å². The maximum atomic E-state index is 4.66. The van der Waals surface area contributed by atoms with E-state index in [-0.39, 0.29) is 0 Å². The van der Waals surface area contributed by atoms with Gasteiger partial charge in [-0.05, 0) is 76.9 Å². The van der Waals surface area contributed by atoms with Crippen LogP contribution in [0.5, 0.6) is 0 Å². The average Bonchev–Trinajstić information content (AvgIpc) is 3.62. The standard InChI is InChI=1S/C17H14N2.4C11H10N2.C9H8N4/c1-13-12-16(14-8-4-2-5-9-14)19-17(18-13)15-10-6-3-7-11-15;1-9-7-13-11(8-12-9)10-5-3-2-4-6-10;1-9-7-12-11(13-8-9)10-5-3-2-4-6-10;1-9-7-11(13-12-8-9)10-5-3-2-4-6-10;1-9-7-8-11(13-12-9)10-5-3-2-4-6-10;1-7-10-12-9(13-11-7)8-5-3-2-4-6-8/h2-12H,1H3;4*2-8H,1H3;2-6H,1H3. The van der Waals surface area contributed by atoms with E-state index in [0.29, 0.717) is 11.6 Å². The summed E-state index contributed by atoms with van der Waals surface area (Å²) in [5.74, 6) is 2.71. The number of aromatic nitrogens is 14. The molecule has 0 amide bonds. The molecule has 0 saturated heterocycles. The van der Waals surface area contributed by atoms with Crippen LogP contribution in [0.25, 0.3) is 79.2 Å². The minimum atomic E-state index is 0.561. The molecule has 0 aliphatic heterocycles. The third-order valence-corrected chi connectivity index (χ3v) is 12.0. The Labute approximate surface area is 490 Å². The first-order valence-corrected chi connectivity index (χ1v) is 27.1. The van der Waals surface area contributed by atoms with Gasteiger partial charge < -0.3 is 0 Å². The molecule has 13 aromatic rings. The Morgan fingerprint density at radius 1 is 0.226 bits per heavy atom. The first kappa shape index (κ1) is 59.0. The first-order chi connectivity index (χ1) is 41.1. The average molecular weight is 1100 g/mol. The Morgan fingerprint density at radius 2 is 0.667 bits per heavy atom. The van der Waals surface area contributed by atoms with Crippen LogP contribution >= 0.6 is 0 Å². The highest BCUT2D eigenvalue weighted by Crippen LogP contribution is 2.23. The van der Waals surface area contributed by atoms with E-state index in [2.05, 4.69) is 82.8 Å². The highest BCUT2D eigenvalue weighted by molar-refractivity contribution is 5.65. The van der Waals surface area contributed by atoms with Crippen LogP contribution in [-0.2, 0) is 0 Å². The first-order valence-electron chi connectivity index (χ1n) is 27.1. The van der Waals surface area contributed by atoms with Gasteiger partial charge in [-0.15, -0.1) is 20.4 Å². The summed E-state index contributed by atoms with van der Waals surface area (Å²) in [7, 11) is 0. The lowest BCUT2D eigenvalue weighted by Crippen LogP contribution is -1.98. The summed E-state index contributed by atoms with van der Waals surface area (Å²) in [5.41, 5.74) is 16.3. The van der Waals surface area contributed by atoms with Gasteiger partial charge in [-0.3, -0.25) is 9.97 Å². The second kappa shape index (κ2) is 31.6. The zero-order valence-electron chi connectivity index (χ0n) is 47.7. The summed E-state index contributed by atoms with van der Waals surface area (Å²) in [6.07, 6.45) is 8.99. The molecular formula is C70H62N14. The van der Waals surface area contributed by atoms with Crippen LogP contribution in [0, 0.1) is 41.5 Å². The van der Waals surface area contributed by atoms with Gasteiger partial charge in [-0.25, -0.2) is 19.9 Å². The van der Waals surface area contributed by atoms with Crippen LogP contribution in [-0.4, -0.2) is 70.7 Å². The molecule has 0 aliphatic rings. The van der Waals surface area contributed by atoms with Crippen LogP contribution in [0.2, 0.25) is 0 Å². The molecule has 14 nitrogen and oxygen atoms in total. The minimum Gasteiger partial charge on any atom is -0.258 e. The number of benzene rings is 7. The van der Waals surface area contributed by atoms with Crippen molar-refractivity contribution in [3.05, 3.63) is 302 Å². The summed E-state index contributed by atoms with van der Waals surface area (Å²) in [5, 5.41) is 31.6. The van der Waals surface area contributed by atoms with Crippen molar-refractivity contribution in [1.29, 1.82) is 0 Å². The molecule has 0 fully saturated rings. The van der Waals surface area contributed by atoms with Gasteiger partial charge in [0.25, 0.3) is 0 Å². The van der Waals surface area contributed by atoms with E-state index in [1.54, 1.807) is 25.5 Å². The van der Waals surface area contributed by atoms with Crippen molar-refractivity contribution in [2.45, 2.75) is 41.5 Å². The summed E-state index contributed by atoms with van der Waals surface area (Å²) in [4.78, 5) is 26.1. The van der Waals surface area contributed by atoms with Crippen molar-refractivity contribution < 1.29 is 0 Å². The molecule has 0 unspecified atom stereocenters. The smallest absolute Gasteiger partial charge is 0.203 e. The Balaban J connectivity index is 0.000000132. The van der Waals surface area contributed by atoms with Crippen molar-refractivity contribution in [1.82, 2.24) is 70.7 Å². The van der Waals surface area contributed by atoms with Crippen LogP contribution in [0.1, 0.15) is 34.0 Å². The lowest BCUT2D eigenvalue weighted by atomic mass is 10.1. The summed E-state index contributed by atoms with van der Waals surface area (Å²) >= 11 is 0. The van der Waals surface area contributed by atoms with Crippen molar-refractivity contribution in [3.63, 3.8) is 0 Å². The molecule has 6 aromatic heterocycles. The Hall–Kier alpha value is -11.1. The fourth-order valence-electron chi connectivity index (χ4n) is 7.68. The Morgan fingerprint density at radius 3 is 1.12 bits per heavy atom. The fourth-order valence-corrected chi connectivity index (χ4v) is 7.68. The Bertz CT molecular complexity index is 3570. The lowest BCUT2D eigenvalue weighted by molar-refractivity contribution is 0.816. The fraction of sp³-hybridized carbons (Fsp3) is 0.0857. The van der Waals surface area contributed by atoms with Crippen molar-refractivity contribution >= 4 is 0 Å². The largest absolute Gasteiger partial charge is 0.258 e. The minimum absolute atomic E-state index is 0.561. The SMILES string of the molecule is Cc1cc(-c2ccccc2)nc(-c2ccccc2)n1.Cc1ccc(-c2ccccc2)nn1.Cc1cnc(-c2ccccc2)cn1.Cc1cnc(-c2ccccc2)nc1.Cc1cnnc(-c2ccccc2)c1.Cc1nnc(-c2ccccc2)nn1. The molecule has 0 spiro atoms. The maximum absolute atomic E-state index is 4.66. The second-order valence-corrected chi connectivity index (χ2v) is 18.9. The zero-order chi connectivity index (χ0) is 58.6. The van der Waals surface area contributed by atoms with Gasteiger partial charge in [0.1, 0.15) is 0 Å². The number of aryl methyl sites for hydroxylation is 6. The molecular weight excluding hydrogens is 1040 g/mol. The third kappa shape index (κ3) is 19.0. The van der Waals surface area contributed by atoms with Gasteiger partial charge in [0, 0.05) is 63.2 Å². The topological polar surface area (TPSA) is 180 Å². The molecule has 6 heterocycles. The Kier molecular flexibility index (Phi) is 22.2. The third-order valence-electron chi connectivity index (χ3n) is 12.0. The molecule has 0 radical (unpaired) electrons. The number of hydrogen-bond acceptors (Lipinski definition) is 14. The molecule has 0 N–H and O–H groups in total. The van der Waals surface area contributed by atoms with E-state index >= 15 is 0 Å². The van der Waals surface area contributed by atoms with Crippen molar-refractivity contribution in [2.24, 2.45) is 0 Å². The summed E-state index contributed by atoms with van der Waals surface area (Å²) in [6.45, 7) is 11.6. The molecule has 412 valence electrons. The van der Waals surface area contributed by atoms with Crippen LogP contribution in [0.15, 0.2) is 268 Å². The van der Waals surface area contributed by atoms with E-state index in [4.69, 9.17) is 0 Å². The van der Waals surface area contributed by atoms with Crippen molar-refractivity contribution in [3.8, 4) is 79.2 Å². The predicted octanol–water partition coefficient (Wildman–Crippen LogP) is 15.2. The highest BCUT2D eigenvalue weighted by Gasteiger charge is 2.07. The van der Waals surface area contributed by atoms with E-state index in [1.165, 1.54) is 0 Å². The maximum Gasteiger partial charge on any atom is 0.203 e. The predicted molar refractivity (Wildman–Crippen MR) is 334 cm³/mol. The van der Waals surface area contributed by atoms with Gasteiger partial charge in [0.05, 0.1) is 46.6 Å². The van der Waals surface area contributed by atoms with Crippen LogP contribution < -0.4 is 0 Å². The highest BCUT2D eigenvalue weighted by atomic mass is 15.3. The van der Waals surface area contributed by atoms with Crippen LogP contribution in [0.4, 0.5) is 0 Å². The van der Waals surface area contributed by atoms with E-state index < -0.39 is 0 Å². The molecule has 0 bridgehead atoms. The van der Waals surface area contributed by atoms with Gasteiger partial charge in [0.15, 0.2) is 17.5 Å². The van der Waals surface area contributed by atoms with Gasteiger partial charge in [-0.1, -0.05) is 212 Å². The summed E-state index contributed by atoms with van der Waals surface area (Å²) in [6, 6.07) is 78.0. The normalized spacial score (nSPS) is 10.0. The number of nitrogens with zero attached hydrogens (tertiary/aromatic N) is 14. The molecule has 7 aromatic carbocycles. The monoisotopic (exact) mass is 1100 g/mol. The molecule has 13 rings (SSSR count). The van der Waals surface area contributed by atoms with Gasteiger partial charge >= 0.3 is 0 Å². The second-order valence-electron chi connectivity index (χ2n) is 18.9. The number of hydrogen-bond donors (Lipinski definition) is 0. The molecule has 0 saturated carbocycles. The number of rotatable bonds is 7.